The zero-order valence-electron chi connectivity index (χ0n) is 11.4. The van der Waals surface area contributed by atoms with E-state index < -0.39 is 0 Å². The molecule has 2 saturated heterocycles. The first-order valence-electron chi connectivity index (χ1n) is 7.22. The van der Waals surface area contributed by atoms with E-state index in [0.717, 1.165) is 17.8 Å². The molecule has 3 unspecified atom stereocenters. The van der Waals surface area contributed by atoms with Gasteiger partial charge >= 0.3 is 0 Å². The Morgan fingerprint density at radius 2 is 2.00 bits per heavy atom. The molecule has 2 fully saturated rings. The van der Waals surface area contributed by atoms with Crippen molar-refractivity contribution < 1.29 is 0 Å². The predicted octanol–water partition coefficient (Wildman–Crippen LogP) is 2.81. The minimum absolute atomic E-state index is 0.630. The summed E-state index contributed by atoms with van der Waals surface area (Å²) in [7, 11) is 2.29. The van der Waals surface area contributed by atoms with Crippen LogP contribution in [0.1, 0.15) is 39.0 Å². The Morgan fingerprint density at radius 1 is 1.18 bits per heavy atom. The summed E-state index contributed by atoms with van der Waals surface area (Å²) in [6.07, 6.45) is 6.86. The zero-order valence-corrected chi connectivity index (χ0v) is 12.1. The molecule has 2 rings (SSSR count). The molecule has 2 heterocycles. The van der Waals surface area contributed by atoms with E-state index in [1.54, 1.807) is 0 Å². The molecule has 2 aliphatic heterocycles. The van der Waals surface area contributed by atoms with Gasteiger partial charge < -0.3 is 4.90 Å². The molecule has 3 heteroatoms. The van der Waals surface area contributed by atoms with E-state index in [1.807, 2.05) is 0 Å². The third kappa shape index (κ3) is 3.36. The van der Waals surface area contributed by atoms with Crippen LogP contribution >= 0.6 is 11.6 Å². The van der Waals surface area contributed by atoms with Crippen LogP contribution in [0.5, 0.6) is 0 Å². The van der Waals surface area contributed by atoms with E-state index in [1.165, 1.54) is 51.7 Å². The highest BCUT2D eigenvalue weighted by Gasteiger charge is 2.30. The maximum atomic E-state index is 6.10. The van der Waals surface area contributed by atoms with Crippen molar-refractivity contribution in [1.29, 1.82) is 0 Å². The molecule has 0 bridgehead atoms. The van der Waals surface area contributed by atoms with Crippen LogP contribution in [0, 0.1) is 5.92 Å². The maximum absolute atomic E-state index is 6.10. The van der Waals surface area contributed by atoms with Gasteiger partial charge in [0.15, 0.2) is 0 Å². The number of alkyl halides is 1. The van der Waals surface area contributed by atoms with Crippen molar-refractivity contribution in [3.05, 3.63) is 0 Å². The molecule has 100 valence electrons. The fraction of sp³-hybridized carbons (Fsp3) is 1.00. The first kappa shape index (κ1) is 13.6. The first-order valence-corrected chi connectivity index (χ1v) is 7.76. The lowest BCUT2D eigenvalue weighted by Crippen LogP contribution is -2.41. The summed E-state index contributed by atoms with van der Waals surface area (Å²) in [5.74, 6) is 1.60. The molecule has 0 spiro atoms. The molecule has 0 aromatic carbocycles. The monoisotopic (exact) mass is 258 g/mol. The summed E-state index contributed by atoms with van der Waals surface area (Å²) in [6.45, 7) is 6.14. The highest BCUT2D eigenvalue weighted by atomic mass is 35.5. The Kier molecular flexibility index (Phi) is 5.13. The lowest BCUT2D eigenvalue weighted by molar-refractivity contribution is 0.149. The molecule has 0 amide bonds. The topological polar surface area (TPSA) is 6.48 Å². The number of halogens is 1. The quantitative estimate of drug-likeness (QED) is 0.716. The molecule has 0 N–H and O–H groups in total. The molecule has 0 aromatic rings. The van der Waals surface area contributed by atoms with Crippen molar-refractivity contribution in [3.8, 4) is 0 Å². The van der Waals surface area contributed by atoms with Crippen molar-refractivity contribution in [2.45, 2.75) is 51.1 Å². The lowest BCUT2D eigenvalue weighted by atomic mass is 9.99. The summed E-state index contributed by atoms with van der Waals surface area (Å²) in [5, 5.41) is 0. The van der Waals surface area contributed by atoms with E-state index in [9.17, 15) is 0 Å². The maximum Gasteiger partial charge on any atom is 0.0382 e. The molecule has 0 aliphatic carbocycles. The van der Waals surface area contributed by atoms with E-state index >= 15 is 0 Å². The van der Waals surface area contributed by atoms with Crippen LogP contribution in [0.25, 0.3) is 0 Å². The van der Waals surface area contributed by atoms with Crippen molar-refractivity contribution >= 4 is 11.6 Å². The van der Waals surface area contributed by atoms with Crippen LogP contribution in [0.2, 0.25) is 0 Å². The molecule has 2 nitrogen and oxygen atoms in total. The molecule has 2 aliphatic rings. The second-order valence-electron chi connectivity index (χ2n) is 5.94. The van der Waals surface area contributed by atoms with Gasteiger partial charge in [-0.1, -0.05) is 13.3 Å². The SMILES string of the molecule is CC1CCN(CCC2CCCCN2C)C1CCl. The van der Waals surface area contributed by atoms with Crippen molar-refractivity contribution in [1.82, 2.24) is 9.80 Å². The Balaban J connectivity index is 1.77. The van der Waals surface area contributed by atoms with E-state index in [0.29, 0.717) is 6.04 Å². The average molecular weight is 259 g/mol. The van der Waals surface area contributed by atoms with Crippen LogP contribution in [0.15, 0.2) is 0 Å². The number of nitrogens with zero attached hydrogens (tertiary/aromatic N) is 2. The van der Waals surface area contributed by atoms with Gasteiger partial charge in [0, 0.05) is 18.0 Å². The van der Waals surface area contributed by atoms with Gasteiger partial charge in [-0.2, -0.15) is 0 Å². The smallest absolute Gasteiger partial charge is 0.0382 e. The van der Waals surface area contributed by atoms with Gasteiger partial charge in [-0.25, -0.2) is 0 Å². The average Bonchev–Trinajstić information content (AvgIpc) is 2.69. The summed E-state index contributed by atoms with van der Waals surface area (Å²) >= 11 is 6.10. The van der Waals surface area contributed by atoms with E-state index in [-0.39, 0.29) is 0 Å². The number of rotatable bonds is 4. The molecule has 3 atom stereocenters. The zero-order chi connectivity index (χ0) is 12.3. The predicted molar refractivity (Wildman–Crippen MR) is 74.7 cm³/mol. The van der Waals surface area contributed by atoms with Gasteiger partial charge in [0.05, 0.1) is 0 Å². The Bertz CT molecular complexity index is 234. The number of likely N-dealkylation sites (tertiary alicyclic amines) is 2. The normalized spacial score (nSPS) is 36.5. The fourth-order valence-corrected chi connectivity index (χ4v) is 3.94. The highest BCUT2D eigenvalue weighted by molar-refractivity contribution is 6.18. The van der Waals surface area contributed by atoms with Crippen molar-refractivity contribution in [2.24, 2.45) is 5.92 Å². The minimum Gasteiger partial charge on any atom is -0.303 e. The van der Waals surface area contributed by atoms with E-state index in [2.05, 4.69) is 23.8 Å². The number of piperidine rings is 1. The van der Waals surface area contributed by atoms with Gasteiger partial charge in [0.25, 0.3) is 0 Å². The van der Waals surface area contributed by atoms with Crippen molar-refractivity contribution in [2.75, 3.05) is 32.6 Å². The fourth-order valence-electron chi connectivity index (χ4n) is 3.44. The standard InChI is InChI=1S/C14H27ClN2/c1-12-6-9-17(14(12)11-15)10-7-13-5-3-4-8-16(13)2/h12-14H,3-11H2,1-2H3. The van der Waals surface area contributed by atoms with Gasteiger partial charge in [-0.3, -0.25) is 4.90 Å². The third-order valence-electron chi connectivity index (χ3n) is 4.83. The number of hydrogen-bond acceptors (Lipinski definition) is 2. The third-order valence-corrected chi connectivity index (χ3v) is 5.14. The van der Waals surface area contributed by atoms with Crippen LogP contribution in [0.4, 0.5) is 0 Å². The molecular formula is C14H27ClN2. The Morgan fingerprint density at radius 3 is 2.71 bits per heavy atom. The molecule has 0 saturated carbocycles. The second kappa shape index (κ2) is 6.40. The van der Waals surface area contributed by atoms with Gasteiger partial charge in [0.2, 0.25) is 0 Å². The minimum atomic E-state index is 0.630. The molecule has 0 aromatic heterocycles. The lowest BCUT2D eigenvalue weighted by Gasteiger charge is -2.34. The number of hydrogen-bond donors (Lipinski definition) is 0. The van der Waals surface area contributed by atoms with Crippen LogP contribution in [0.3, 0.4) is 0 Å². The Labute approximate surface area is 111 Å². The highest BCUT2D eigenvalue weighted by Crippen LogP contribution is 2.26. The summed E-state index contributed by atoms with van der Waals surface area (Å²) in [4.78, 5) is 5.18. The van der Waals surface area contributed by atoms with Gasteiger partial charge in [-0.15, -0.1) is 11.6 Å². The van der Waals surface area contributed by atoms with Crippen molar-refractivity contribution in [3.63, 3.8) is 0 Å². The summed E-state index contributed by atoms with van der Waals surface area (Å²) in [5.41, 5.74) is 0. The summed E-state index contributed by atoms with van der Waals surface area (Å²) in [6, 6.07) is 1.45. The van der Waals surface area contributed by atoms with Crippen LogP contribution in [-0.4, -0.2) is 54.4 Å². The second-order valence-corrected chi connectivity index (χ2v) is 6.25. The van der Waals surface area contributed by atoms with Crippen LogP contribution < -0.4 is 0 Å². The molecule has 0 radical (unpaired) electrons. The van der Waals surface area contributed by atoms with Gasteiger partial charge in [-0.05, 0) is 58.3 Å². The largest absolute Gasteiger partial charge is 0.303 e. The first-order chi connectivity index (χ1) is 8.22. The van der Waals surface area contributed by atoms with E-state index in [4.69, 9.17) is 11.6 Å². The molecular weight excluding hydrogens is 232 g/mol. The van der Waals surface area contributed by atoms with Crippen LogP contribution in [-0.2, 0) is 0 Å². The molecule has 17 heavy (non-hydrogen) atoms. The summed E-state index contributed by atoms with van der Waals surface area (Å²) < 4.78 is 0. The Hall–Kier alpha value is 0.210. The van der Waals surface area contributed by atoms with Gasteiger partial charge in [0.1, 0.15) is 0 Å².